The summed E-state index contributed by atoms with van der Waals surface area (Å²) in [7, 11) is 1.93. The Labute approximate surface area is 60.3 Å². The molecule has 4 heteroatoms. The van der Waals surface area contributed by atoms with Crippen molar-refractivity contribution in [1.82, 2.24) is 9.55 Å². The number of nitrogens with zero attached hydrogens (tertiary/aromatic N) is 2. The van der Waals surface area contributed by atoms with E-state index >= 15 is 0 Å². The summed E-state index contributed by atoms with van der Waals surface area (Å²) in [6.45, 7) is 0.517. The lowest BCUT2D eigenvalue weighted by Gasteiger charge is -1.92. The van der Waals surface area contributed by atoms with Crippen LogP contribution in [-0.4, -0.2) is 9.55 Å². The number of hydrogen-bond donors (Lipinski definition) is 1. The summed E-state index contributed by atoms with van der Waals surface area (Å²) < 4.78 is 1.90. The molecule has 0 bridgehead atoms. The zero-order valence-electron chi connectivity index (χ0n) is 5.24. The Hall–Kier alpha value is -0.540. The first-order valence-electron chi connectivity index (χ1n) is 2.51. The van der Waals surface area contributed by atoms with E-state index in [0.29, 0.717) is 6.54 Å². The molecule has 52 valence electrons. The minimum absolute atomic E-state index is 0. The molecule has 0 aliphatic rings. The van der Waals surface area contributed by atoms with Gasteiger partial charge in [-0.15, -0.1) is 12.4 Å². The fourth-order valence-corrected chi connectivity index (χ4v) is 0.593. The van der Waals surface area contributed by atoms with Gasteiger partial charge in [0.2, 0.25) is 0 Å². The average Bonchev–Trinajstić information content (AvgIpc) is 2.14. The molecule has 0 aliphatic carbocycles. The van der Waals surface area contributed by atoms with Gasteiger partial charge in [-0.05, 0) is 0 Å². The van der Waals surface area contributed by atoms with Crippen LogP contribution < -0.4 is 5.73 Å². The van der Waals surface area contributed by atoms with Crippen LogP contribution in [0.25, 0.3) is 0 Å². The summed E-state index contributed by atoms with van der Waals surface area (Å²) >= 11 is 0. The molecule has 0 amide bonds. The highest BCUT2D eigenvalue weighted by Gasteiger charge is 1.90. The van der Waals surface area contributed by atoms with Crippen LogP contribution in [0.4, 0.5) is 0 Å². The number of hydrogen-bond acceptors (Lipinski definition) is 2. The van der Waals surface area contributed by atoms with E-state index in [1.54, 1.807) is 6.20 Å². The van der Waals surface area contributed by atoms with Crippen molar-refractivity contribution in [2.24, 2.45) is 12.8 Å². The highest BCUT2D eigenvalue weighted by molar-refractivity contribution is 5.85. The van der Waals surface area contributed by atoms with E-state index in [2.05, 4.69) is 4.98 Å². The minimum atomic E-state index is 0. The Balaban J connectivity index is 0.000000640. The van der Waals surface area contributed by atoms with Gasteiger partial charge >= 0.3 is 0 Å². The zero-order valence-corrected chi connectivity index (χ0v) is 6.06. The van der Waals surface area contributed by atoms with Crippen molar-refractivity contribution in [3.8, 4) is 0 Å². The van der Waals surface area contributed by atoms with Crippen LogP contribution >= 0.6 is 12.4 Å². The topological polar surface area (TPSA) is 43.8 Å². The van der Waals surface area contributed by atoms with E-state index in [9.17, 15) is 0 Å². The van der Waals surface area contributed by atoms with Crippen LogP contribution in [0, 0.1) is 0 Å². The highest BCUT2D eigenvalue weighted by atomic mass is 35.5. The van der Waals surface area contributed by atoms with Crippen molar-refractivity contribution in [2.75, 3.05) is 0 Å². The molecule has 1 aromatic heterocycles. The van der Waals surface area contributed by atoms with Crippen molar-refractivity contribution >= 4 is 12.4 Å². The third-order valence-corrected chi connectivity index (χ3v) is 1.10. The first-order valence-corrected chi connectivity index (χ1v) is 2.51. The lowest BCUT2D eigenvalue weighted by Crippen LogP contribution is -2.03. The largest absolute Gasteiger partial charge is 0.337 e. The fourth-order valence-electron chi connectivity index (χ4n) is 0.593. The van der Waals surface area contributed by atoms with Gasteiger partial charge in [0.1, 0.15) is 5.82 Å². The second-order valence-electron chi connectivity index (χ2n) is 1.66. The maximum atomic E-state index is 5.31. The van der Waals surface area contributed by atoms with Crippen LogP contribution in [0.2, 0.25) is 0 Å². The molecule has 3 nitrogen and oxygen atoms in total. The Morgan fingerprint density at radius 3 is 2.67 bits per heavy atom. The molecule has 1 heterocycles. The third kappa shape index (κ3) is 1.69. The smallest absolute Gasteiger partial charge is 0.122 e. The summed E-state index contributed by atoms with van der Waals surface area (Å²) in [5.41, 5.74) is 5.31. The van der Waals surface area contributed by atoms with Crippen molar-refractivity contribution in [2.45, 2.75) is 6.54 Å². The standard InChI is InChI=1S/C5H9N3.ClH/c1-8-3-2-7-5(8)4-6;/h2-3H,4,6H2,1H3;1H. The van der Waals surface area contributed by atoms with Gasteiger partial charge in [0.15, 0.2) is 0 Å². The molecule has 0 saturated heterocycles. The summed E-state index contributed by atoms with van der Waals surface area (Å²) in [5.74, 6) is 0.921. The van der Waals surface area contributed by atoms with Gasteiger partial charge in [-0.1, -0.05) is 0 Å². The van der Waals surface area contributed by atoms with E-state index in [0.717, 1.165) is 5.82 Å². The molecule has 0 unspecified atom stereocenters. The molecule has 0 fully saturated rings. The molecule has 2 N–H and O–H groups in total. The van der Waals surface area contributed by atoms with Gasteiger partial charge in [0, 0.05) is 19.4 Å². The summed E-state index contributed by atoms with van der Waals surface area (Å²) in [6.07, 6.45) is 3.62. The number of halogens is 1. The number of aromatic nitrogens is 2. The van der Waals surface area contributed by atoms with E-state index in [1.807, 2.05) is 17.8 Å². The normalized spacial score (nSPS) is 8.67. The van der Waals surface area contributed by atoms with Crippen LogP contribution in [0.15, 0.2) is 12.4 Å². The molecule has 0 aliphatic heterocycles. The molecule has 1 aromatic rings. The SMILES string of the molecule is Cl.Cn1ccnc1CN. The van der Waals surface area contributed by atoms with Crippen molar-refractivity contribution in [3.63, 3.8) is 0 Å². The van der Waals surface area contributed by atoms with Crippen molar-refractivity contribution < 1.29 is 0 Å². The van der Waals surface area contributed by atoms with E-state index in [-0.39, 0.29) is 12.4 Å². The molecule has 0 radical (unpaired) electrons. The van der Waals surface area contributed by atoms with E-state index < -0.39 is 0 Å². The van der Waals surface area contributed by atoms with Crippen LogP contribution in [0.5, 0.6) is 0 Å². The molecule has 9 heavy (non-hydrogen) atoms. The molecular weight excluding hydrogens is 138 g/mol. The quantitative estimate of drug-likeness (QED) is 0.621. The van der Waals surface area contributed by atoms with Crippen LogP contribution in [0.3, 0.4) is 0 Å². The minimum Gasteiger partial charge on any atom is -0.337 e. The second-order valence-corrected chi connectivity index (χ2v) is 1.66. The maximum absolute atomic E-state index is 5.31. The predicted octanol–water partition coefficient (Wildman–Crippen LogP) is 0.301. The monoisotopic (exact) mass is 147 g/mol. The van der Waals surface area contributed by atoms with Gasteiger partial charge < -0.3 is 10.3 Å². The number of aryl methyl sites for hydroxylation is 1. The molecule has 0 spiro atoms. The molecule has 0 aromatic carbocycles. The lowest BCUT2D eigenvalue weighted by molar-refractivity contribution is 0.793. The van der Waals surface area contributed by atoms with E-state index in [4.69, 9.17) is 5.73 Å². The van der Waals surface area contributed by atoms with E-state index in [1.165, 1.54) is 0 Å². The second kappa shape index (κ2) is 3.48. The third-order valence-electron chi connectivity index (χ3n) is 1.10. The lowest BCUT2D eigenvalue weighted by atomic mass is 10.6. The van der Waals surface area contributed by atoms with Crippen LogP contribution in [-0.2, 0) is 13.6 Å². The van der Waals surface area contributed by atoms with Gasteiger partial charge in [-0.2, -0.15) is 0 Å². The predicted molar refractivity (Wildman–Crippen MR) is 38.3 cm³/mol. The fraction of sp³-hybridized carbons (Fsp3) is 0.400. The van der Waals surface area contributed by atoms with Gasteiger partial charge in [0.05, 0.1) is 6.54 Å². The number of rotatable bonds is 1. The molecule has 1 rings (SSSR count). The molecular formula is C5H10ClN3. The van der Waals surface area contributed by atoms with Gasteiger partial charge in [0.25, 0.3) is 0 Å². The maximum Gasteiger partial charge on any atom is 0.122 e. The number of imidazole rings is 1. The highest BCUT2D eigenvalue weighted by Crippen LogP contribution is 1.89. The molecule has 0 atom stereocenters. The average molecular weight is 148 g/mol. The Morgan fingerprint density at radius 1 is 1.78 bits per heavy atom. The first kappa shape index (κ1) is 8.46. The van der Waals surface area contributed by atoms with Crippen molar-refractivity contribution in [3.05, 3.63) is 18.2 Å². The number of nitrogens with two attached hydrogens (primary N) is 1. The Morgan fingerprint density at radius 2 is 2.44 bits per heavy atom. The summed E-state index contributed by atoms with van der Waals surface area (Å²) in [5, 5.41) is 0. The Kier molecular flexibility index (Phi) is 3.27. The molecule has 0 saturated carbocycles. The summed E-state index contributed by atoms with van der Waals surface area (Å²) in [6, 6.07) is 0. The zero-order chi connectivity index (χ0) is 5.98. The van der Waals surface area contributed by atoms with Gasteiger partial charge in [-0.3, -0.25) is 0 Å². The van der Waals surface area contributed by atoms with Gasteiger partial charge in [-0.25, -0.2) is 4.98 Å². The first-order chi connectivity index (χ1) is 3.84. The van der Waals surface area contributed by atoms with Crippen molar-refractivity contribution in [1.29, 1.82) is 0 Å². The summed E-state index contributed by atoms with van der Waals surface area (Å²) in [4.78, 5) is 3.97. The van der Waals surface area contributed by atoms with Crippen LogP contribution in [0.1, 0.15) is 5.82 Å². The Bertz CT molecular complexity index is 172.